The third kappa shape index (κ3) is 4.09. The van der Waals surface area contributed by atoms with E-state index in [0.717, 1.165) is 26.2 Å². The third-order valence-electron chi connectivity index (χ3n) is 3.01. The number of carbonyl (C=O) groups is 1. The van der Waals surface area contributed by atoms with Crippen molar-refractivity contribution in [3.05, 3.63) is 23.2 Å². The second-order valence-corrected chi connectivity index (χ2v) is 4.83. The first-order valence-electron chi connectivity index (χ1n) is 6.25. The molecule has 19 heavy (non-hydrogen) atoms. The molecule has 5 nitrogen and oxygen atoms in total. The SMILES string of the molecule is COc1cc(NC(=O)CN2CCNCC2)ccc1Cl. The summed E-state index contributed by atoms with van der Waals surface area (Å²) in [6.45, 7) is 4.07. The summed E-state index contributed by atoms with van der Waals surface area (Å²) in [5.74, 6) is 0.535. The Morgan fingerprint density at radius 2 is 2.21 bits per heavy atom. The lowest BCUT2D eigenvalue weighted by Gasteiger charge is -2.26. The number of nitrogens with zero attached hydrogens (tertiary/aromatic N) is 1. The summed E-state index contributed by atoms with van der Waals surface area (Å²) in [7, 11) is 1.55. The molecule has 2 N–H and O–H groups in total. The smallest absolute Gasteiger partial charge is 0.238 e. The maximum absolute atomic E-state index is 11.9. The predicted molar refractivity (Wildman–Crippen MR) is 75.9 cm³/mol. The Labute approximate surface area is 117 Å². The maximum Gasteiger partial charge on any atom is 0.238 e. The first-order valence-corrected chi connectivity index (χ1v) is 6.63. The molecule has 1 heterocycles. The molecule has 0 radical (unpaired) electrons. The summed E-state index contributed by atoms with van der Waals surface area (Å²) in [5, 5.41) is 6.64. The molecule has 0 saturated carbocycles. The van der Waals surface area contributed by atoms with Crippen molar-refractivity contribution in [3.63, 3.8) is 0 Å². The highest BCUT2D eigenvalue weighted by molar-refractivity contribution is 6.32. The number of amides is 1. The largest absolute Gasteiger partial charge is 0.495 e. The van der Waals surface area contributed by atoms with E-state index in [9.17, 15) is 4.79 Å². The highest BCUT2D eigenvalue weighted by atomic mass is 35.5. The molecule has 1 aromatic carbocycles. The molecule has 2 rings (SSSR count). The average Bonchev–Trinajstić information content (AvgIpc) is 2.42. The molecule has 0 unspecified atom stereocenters. The summed E-state index contributed by atoms with van der Waals surface area (Å²) in [4.78, 5) is 14.0. The fourth-order valence-corrected chi connectivity index (χ4v) is 2.21. The van der Waals surface area contributed by atoms with E-state index in [0.29, 0.717) is 23.0 Å². The van der Waals surface area contributed by atoms with Crippen molar-refractivity contribution in [2.24, 2.45) is 0 Å². The highest BCUT2D eigenvalue weighted by Crippen LogP contribution is 2.27. The van der Waals surface area contributed by atoms with Crippen LogP contribution in [0, 0.1) is 0 Å². The first kappa shape index (κ1) is 14.1. The Balaban J connectivity index is 1.90. The van der Waals surface area contributed by atoms with Gasteiger partial charge in [0.15, 0.2) is 0 Å². The molecule has 1 fully saturated rings. The summed E-state index contributed by atoms with van der Waals surface area (Å²) in [6, 6.07) is 5.19. The topological polar surface area (TPSA) is 53.6 Å². The van der Waals surface area contributed by atoms with E-state index in [4.69, 9.17) is 16.3 Å². The number of rotatable bonds is 4. The van der Waals surface area contributed by atoms with Crippen LogP contribution in [0.3, 0.4) is 0 Å². The van der Waals surface area contributed by atoms with Gasteiger partial charge in [0, 0.05) is 37.9 Å². The van der Waals surface area contributed by atoms with E-state index < -0.39 is 0 Å². The number of anilines is 1. The zero-order chi connectivity index (χ0) is 13.7. The van der Waals surface area contributed by atoms with Gasteiger partial charge < -0.3 is 15.4 Å². The maximum atomic E-state index is 11.9. The Morgan fingerprint density at radius 3 is 2.89 bits per heavy atom. The average molecular weight is 284 g/mol. The number of methoxy groups -OCH3 is 1. The van der Waals surface area contributed by atoms with Gasteiger partial charge >= 0.3 is 0 Å². The van der Waals surface area contributed by atoms with Gasteiger partial charge in [0.2, 0.25) is 5.91 Å². The van der Waals surface area contributed by atoms with Gasteiger partial charge in [-0.2, -0.15) is 0 Å². The summed E-state index contributed by atoms with van der Waals surface area (Å²) in [5.41, 5.74) is 0.696. The molecule has 0 bridgehead atoms. The minimum Gasteiger partial charge on any atom is -0.495 e. The van der Waals surface area contributed by atoms with Gasteiger partial charge in [0.1, 0.15) is 5.75 Å². The highest BCUT2D eigenvalue weighted by Gasteiger charge is 2.13. The fourth-order valence-electron chi connectivity index (χ4n) is 2.01. The van der Waals surface area contributed by atoms with Crippen molar-refractivity contribution in [2.45, 2.75) is 0 Å². The lowest BCUT2D eigenvalue weighted by atomic mass is 10.3. The molecule has 0 aromatic heterocycles. The van der Waals surface area contributed by atoms with Crippen LogP contribution in [-0.4, -0.2) is 50.6 Å². The van der Waals surface area contributed by atoms with E-state index in [1.165, 1.54) is 0 Å². The molecular formula is C13H18ClN3O2. The Morgan fingerprint density at radius 1 is 1.47 bits per heavy atom. The zero-order valence-electron chi connectivity index (χ0n) is 10.9. The monoisotopic (exact) mass is 283 g/mol. The van der Waals surface area contributed by atoms with Crippen molar-refractivity contribution in [3.8, 4) is 5.75 Å². The Bertz CT molecular complexity index is 448. The first-order chi connectivity index (χ1) is 9.19. The number of halogens is 1. The molecule has 1 amide bonds. The fraction of sp³-hybridized carbons (Fsp3) is 0.462. The molecule has 104 valence electrons. The quantitative estimate of drug-likeness (QED) is 0.872. The van der Waals surface area contributed by atoms with Crippen LogP contribution in [-0.2, 0) is 4.79 Å². The van der Waals surface area contributed by atoms with Crippen LogP contribution in [0.25, 0.3) is 0 Å². The van der Waals surface area contributed by atoms with Crippen LogP contribution in [0.2, 0.25) is 5.02 Å². The van der Waals surface area contributed by atoms with Crippen LogP contribution in [0.1, 0.15) is 0 Å². The van der Waals surface area contributed by atoms with Crippen LogP contribution >= 0.6 is 11.6 Å². The number of ether oxygens (including phenoxy) is 1. The van der Waals surface area contributed by atoms with Gasteiger partial charge in [-0.05, 0) is 12.1 Å². The van der Waals surface area contributed by atoms with Gasteiger partial charge in [-0.25, -0.2) is 0 Å². The second kappa shape index (κ2) is 6.75. The molecule has 0 aliphatic carbocycles. The van der Waals surface area contributed by atoms with Crippen molar-refractivity contribution < 1.29 is 9.53 Å². The van der Waals surface area contributed by atoms with Crippen molar-refractivity contribution in [1.82, 2.24) is 10.2 Å². The predicted octanol–water partition coefficient (Wildman–Crippen LogP) is 1.19. The minimum atomic E-state index is -0.0220. The molecule has 0 atom stereocenters. The number of hydrogen-bond donors (Lipinski definition) is 2. The van der Waals surface area contributed by atoms with Crippen LogP contribution in [0.15, 0.2) is 18.2 Å². The Kier molecular flexibility index (Phi) is 5.01. The number of piperazine rings is 1. The zero-order valence-corrected chi connectivity index (χ0v) is 11.7. The Hall–Kier alpha value is -1.30. The number of nitrogens with one attached hydrogen (secondary N) is 2. The van der Waals surface area contributed by atoms with Gasteiger partial charge in [-0.3, -0.25) is 9.69 Å². The molecule has 1 aliphatic heterocycles. The summed E-state index contributed by atoms with van der Waals surface area (Å²) >= 11 is 5.94. The van der Waals surface area contributed by atoms with Crippen LogP contribution < -0.4 is 15.4 Å². The van der Waals surface area contributed by atoms with Gasteiger partial charge in [-0.1, -0.05) is 11.6 Å². The van der Waals surface area contributed by atoms with E-state index in [-0.39, 0.29) is 5.91 Å². The van der Waals surface area contributed by atoms with Gasteiger partial charge in [0.05, 0.1) is 18.7 Å². The van der Waals surface area contributed by atoms with Crippen LogP contribution in [0.4, 0.5) is 5.69 Å². The van der Waals surface area contributed by atoms with Crippen LogP contribution in [0.5, 0.6) is 5.75 Å². The van der Waals surface area contributed by atoms with Gasteiger partial charge in [0.25, 0.3) is 0 Å². The van der Waals surface area contributed by atoms with Gasteiger partial charge in [-0.15, -0.1) is 0 Å². The molecule has 1 saturated heterocycles. The molecule has 0 spiro atoms. The van der Waals surface area contributed by atoms with E-state index in [1.807, 2.05) is 0 Å². The summed E-state index contributed by atoms with van der Waals surface area (Å²) in [6.07, 6.45) is 0. The van der Waals surface area contributed by atoms with Crippen molar-refractivity contribution in [1.29, 1.82) is 0 Å². The minimum absolute atomic E-state index is 0.0220. The number of hydrogen-bond acceptors (Lipinski definition) is 4. The second-order valence-electron chi connectivity index (χ2n) is 4.42. The molecule has 6 heteroatoms. The van der Waals surface area contributed by atoms with Crippen molar-refractivity contribution >= 4 is 23.2 Å². The van der Waals surface area contributed by atoms with E-state index in [2.05, 4.69) is 15.5 Å². The molecule has 1 aliphatic rings. The van der Waals surface area contributed by atoms with E-state index in [1.54, 1.807) is 25.3 Å². The number of benzene rings is 1. The number of carbonyl (C=O) groups excluding carboxylic acids is 1. The molecule has 1 aromatic rings. The normalized spacial score (nSPS) is 16.1. The van der Waals surface area contributed by atoms with Crippen molar-refractivity contribution in [2.75, 3.05) is 45.2 Å². The lowest BCUT2D eigenvalue weighted by molar-refractivity contribution is -0.117. The summed E-state index contributed by atoms with van der Waals surface area (Å²) < 4.78 is 5.12. The molecular weight excluding hydrogens is 266 g/mol. The van der Waals surface area contributed by atoms with E-state index >= 15 is 0 Å². The lowest BCUT2D eigenvalue weighted by Crippen LogP contribution is -2.46. The standard InChI is InChI=1S/C13H18ClN3O2/c1-19-12-8-10(2-3-11(12)14)16-13(18)9-17-6-4-15-5-7-17/h2-3,8,15H,4-7,9H2,1H3,(H,16,18). The third-order valence-corrected chi connectivity index (χ3v) is 3.32.